The van der Waals surface area contributed by atoms with Crippen LogP contribution in [-0.2, 0) is 4.79 Å². The van der Waals surface area contributed by atoms with Crippen molar-refractivity contribution < 1.29 is 14.3 Å². The van der Waals surface area contributed by atoms with Gasteiger partial charge >= 0.3 is 0 Å². The lowest BCUT2D eigenvalue weighted by Crippen LogP contribution is -2.38. The Hall–Kier alpha value is -2.86. The summed E-state index contributed by atoms with van der Waals surface area (Å²) in [7, 11) is 0. The number of carbonyl (C=O) groups excluding carboxylic acids is 2. The summed E-state index contributed by atoms with van der Waals surface area (Å²) in [5, 5.41) is 3.40. The average molecular weight is 438 g/mol. The van der Waals surface area contributed by atoms with Crippen molar-refractivity contribution in [2.45, 2.75) is 52.0 Å². The Morgan fingerprint density at radius 3 is 2.56 bits per heavy atom. The lowest BCUT2D eigenvalue weighted by atomic mass is 9.93. The molecule has 172 valence electrons. The topological polar surface area (TPSA) is 84.7 Å². The van der Waals surface area contributed by atoms with Gasteiger partial charge in [-0.15, -0.1) is 0 Å². The van der Waals surface area contributed by atoms with E-state index in [4.69, 9.17) is 10.5 Å². The van der Waals surface area contributed by atoms with Crippen LogP contribution in [0.25, 0.3) is 0 Å². The van der Waals surface area contributed by atoms with Crippen molar-refractivity contribution in [3.63, 3.8) is 0 Å². The van der Waals surface area contributed by atoms with Gasteiger partial charge in [-0.05, 0) is 49.4 Å². The van der Waals surface area contributed by atoms with Gasteiger partial charge < -0.3 is 25.5 Å². The number of nitrogens with two attached hydrogens (primary N) is 1. The largest absolute Gasteiger partial charge is 0.455 e. The van der Waals surface area contributed by atoms with E-state index in [9.17, 15) is 9.59 Å². The Morgan fingerprint density at radius 2 is 1.94 bits per heavy atom. The maximum absolute atomic E-state index is 13.3. The van der Waals surface area contributed by atoms with Gasteiger partial charge in [-0.2, -0.15) is 0 Å². The predicted molar refractivity (Wildman–Crippen MR) is 128 cm³/mol. The van der Waals surface area contributed by atoms with Crippen LogP contribution in [0.3, 0.4) is 0 Å². The van der Waals surface area contributed by atoms with Crippen molar-refractivity contribution in [2.24, 2.45) is 11.7 Å². The number of hydrogen-bond acceptors (Lipinski definition) is 5. The maximum Gasteiger partial charge on any atom is 0.253 e. The summed E-state index contributed by atoms with van der Waals surface area (Å²) < 4.78 is 6.18. The van der Waals surface area contributed by atoms with E-state index in [1.807, 2.05) is 41.3 Å². The predicted octanol–water partition coefficient (Wildman–Crippen LogP) is 5.15. The summed E-state index contributed by atoms with van der Waals surface area (Å²) in [6, 6.07) is 12.0. The van der Waals surface area contributed by atoms with Gasteiger partial charge in [-0.3, -0.25) is 4.79 Å². The third kappa shape index (κ3) is 5.88. The Kier molecular flexibility index (Phi) is 8.68. The van der Waals surface area contributed by atoms with Crippen LogP contribution in [0, 0.1) is 5.92 Å². The Bertz CT molecular complexity index is 893. The molecule has 0 bridgehead atoms. The van der Waals surface area contributed by atoms with E-state index >= 15 is 0 Å². The number of amides is 1. The zero-order valence-electron chi connectivity index (χ0n) is 19.2. The summed E-state index contributed by atoms with van der Waals surface area (Å²) in [5.74, 6) is 1.80. The number of carbonyl (C=O) groups is 2. The summed E-state index contributed by atoms with van der Waals surface area (Å²) >= 11 is 0. The van der Waals surface area contributed by atoms with E-state index in [1.165, 1.54) is 0 Å². The number of rotatable bonds is 10. The molecule has 2 aromatic rings. The average Bonchev–Trinajstić information content (AvgIpc) is 2.84. The van der Waals surface area contributed by atoms with Crippen LogP contribution in [0.4, 0.5) is 5.69 Å². The SMILES string of the molecule is CCCCNc1cc(C(=O)N2CCC(CC)CC2)cc(C(N)C=O)c1Oc1ccccc1. The fraction of sp³-hybridized carbons (Fsp3) is 0.462. The molecule has 0 radical (unpaired) electrons. The Morgan fingerprint density at radius 1 is 1.22 bits per heavy atom. The van der Waals surface area contributed by atoms with Gasteiger partial charge in [0.05, 0.1) is 11.7 Å². The molecule has 1 amide bonds. The fourth-order valence-electron chi connectivity index (χ4n) is 4.07. The molecule has 3 N–H and O–H groups in total. The van der Waals surface area contributed by atoms with Gasteiger partial charge in [0.2, 0.25) is 0 Å². The van der Waals surface area contributed by atoms with Crippen molar-refractivity contribution in [2.75, 3.05) is 25.0 Å². The van der Waals surface area contributed by atoms with Gasteiger partial charge in [0.25, 0.3) is 5.91 Å². The van der Waals surface area contributed by atoms with E-state index in [-0.39, 0.29) is 5.91 Å². The first-order valence-corrected chi connectivity index (χ1v) is 11.7. The molecule has 1 atom stereocenters. The van der Waals surface area contributed by atoms with Crippen LogP contribution in [0.1, 0.15) is 67.9 Å². The van der Waals surface area contributed by atoms with Gasteiger partial charge in [0.1, 0.15) is 12.0 Å². The second-order valence-corrected chi connectivity index (χ2v) is 8.44. The zero-order valence-corrected chi connectivity index (χ0v) is 19.2. The summed E-state index contributed by atoms with van der Waals surface area (Å²) in [6.07, 6.45) is 5.90. The minimum absolute atomic E-state index is 0.0243. The lowest BCUT2D eigenvalue weighted by molar-refractivity contribution is -0.109. The molecule has 1 aliphatic rings. The summed E-state index contributed by atoms with van der Waals surface area (Å²) in [6.45, 7) is 6.57. The third-order valence-corrected chi connectivity index (χ3v) is 6.16. The van der Waals surface area contributed by atoms with Crippen molar-refractivity contribution in [1.29, 1.82) is 0 Å². The first kappa shape index (κ1) is 23.8. The highest BCUT2D eigenvalue weighted by molar-refractivity contribution is 5.96. The third-order valence-electron chi connectivity index (χ3n) is 6.16. The number of nitrogens with one attached hydrogen (secondary N) is 1. The number of nitrogens with zero attached hydrogens (tertiary/aromatic N) is 1. The maximum atomic E-state index is 13.3. The number of anilines is 1. The summed E-state index contributed by atoms with van der Waals surface area (Å²) in [5.41, 5.74) is 7.88. The zero-order chi connectivity index (χ0) is 22.9. The standard InChI is InChI=1S/C26H35N3O3/c1-3-5-13-28-24-17-20(26(31)29-14-11-19(4-2)12-15-29)16-22(23(27)18-30)25(24)32-21-9-7-6-8-10-21/h6-10,16-19,23,28H,3-5,11-15,27H2,1-2H3. The number of aldehydes is 1. The Labute approximate surface area is 191 Å². The number of para-hydroxylation sites is 1. The molecule has 3 rings (SSSR count). The van der Waals surface area contributed by atoms with E-state index in [0.29, 0.717) is 40.5 Å². The van der Waals surface area contributed by atoms with Crippen molar-refractivity contribution in [1.82, 2.24) is 4.90 Å². The molecule has 0 saturated carbocycles. The number of hydrogen-bond donors (Lipinski definition) is 2. The number of unbranched alkanes of at least 4 members (excludes halogenated alkanes) is 1. The molecule has 1 fully saturated rings. The van der Waals surface area contributed by atoms with Crippen LogP contribution in [0.2, 0.25) is 0 Å². The second-order valence-electron chi connectivity index (χ2n) is 8.44. The highest BCUT2D eigenvalue weighted by atomic mass is 16.5. The van der Waals surface area contributed by atoms with Crippen LogP contribution in [-0.4, -0.2) is 36.7 Å². The highest BCUT2D eigenvalue weighted by Crippen LogP contribution is 2.38. The highest BCUT2D eigenvalue weighted by Gasteiger charge is 2.26. The quantitative estimate of drug-likeness (QED) is 0.397. The van der Waals surface area contributed by atoms with Gasteiger partial charge in [-0.1, -0.05) is 44.9 Å². The molecular formula is C26H35N3O3. The molecule has 1 saturated heterocycles. The lowest BCUT2D eigenvalue weighted by Gasteiger charge is -2.32. The second kappa shape index (κ2) is 11.7. The number of likely N-dealkylation sites (tertiary alicyclic amines) is 1. The molecule has 6 heteroatoms. The van der Waals surface area contributed by atoms with Crippen molar-refractivity contribution in [3.05, 3.63) is 53.6 Å². The molecule has 1 unspecified atom stereocenters. The van der Waals surface area contributed by atoms with E-state index in [1.54, 1.807) is 6.07 Å². The molecule has 0 spiro atoms. The number of benzene rings is 2. The van der Waals surface area contributed by atoms with Crippen LogP contribution < -0.4 is 15.8 Å². The monoisotopic (exact) mass is 437 g/mol. The molecule has 32 heavy (non-hydrogen) atoms. The van der Waals surface area contributed by atoms with Gasteiger partial charge in [0.15, 0.2) is 5.75 Å². The molecule has 0 aromatic heterocycles. The van der Waals surface area contributed by atoms with E-state index in [0.717, 1.165) is 51.7 Å². The smallest absolute Gasteiger partial charge is 0.253 e. The molecule has 6 nitrogen and oxygen atoms in total. The van der Waals surface area contributed by atoms with Crippen molar-refractivity contribution in [3.8, 4) is 11.5 Å². The first-order valence-electron chi connectivity index (χ1n) is 11.7. The first-order chi connectivity index (χ1) is 15.6. The number of ether oxygens (including phenoxy) is 1. The van der Waals surface area contributed by atoms with E-state index < -0.39 is 6.04 Å². The normalized spacial score (nSPS) is 15.3. The minimum Gasteiger partial charge on any atom is -0.455 e. The molecular weight excluding hydrogens is 402 g/mol. The van der Waals surface area contributed by atoms with Crippen LogP contribution >= 0.6 is 0 Å². The van der Waals surface area contributed by atoms with E-state index in [2.05, 4.69) is 19.2 Å². The fourth-order valence-corrected chi connectivity index (χ4v) is 4.07. The van der Waals surface area contributed by atoms with Crippen LogP contribution in [0.5, 0.6) is 11.5 Å². The molecule has 0 aliphatic carbocycles. The molecule has 1 aliphatic heterocycles. The number of piperidine rings is 1. The van der Waals surface area contributed by atoms with Gasteiger partial charge in [-0.25, -0.2) is 0 Å². The Balaban J connectivity index is 1.98. The molecule has 1 heterocycles. The van der Waals surface area contributed by atoms with Crippen LogP contribution in [0.15, 0.2) is 42.5 Å². The molecule has 2 aromatic carbocycles. The van der Waals surface area contributed by atoms with Crippen molar-refractivity contribution >= 4 is 17.9 Å². The minimum atomic E-state index is -0.890. The summed E-state index contributed by atoms with van der Waals surface area (Å²) in [4.78, 5) is 26.9. The van der Waals surface area contributed by atoms with Gasteiger partial charge in [0, 0.05) is 30.8 Å².